The average Bonchev–Trinajstić information content (AvgIpc) is 2.01. The van der Waals surface area contributed by atoms with Crippen LogP contribution in [0.1, 0.15) is 5.69 Å². The lowest BCUT2D eigenvalue weighted by Gasteiger charge is -2.10. The molecule has 0 aliphatic carbocycles. The molecular weight excluding hydrogens is 270 g/mol. The molecule has 1 aromatic heterocycles. The predicted octanol–water partition coefficient (Wildman–Crippen LogP) is 3.01. The topological polar surface area (TPSA) is 22.1 Å². The summed E-state index contributed by atoms with van der Waals surface area (Å²) in [5, 5.41) is 0.0543. The highest BCUT2D eigenvalue weighted by Gasteiger charge is 2.32. The molecule has 7 heteroatoms. The van der Waals surface area contributed by atoms with Crippen molar-refractivity contribution in [2.75, 3.05) is 0 Å². The van der Waals surface area contributed by atoms with E-state index in [0.29, 0.717) is 6.07 Å². The average molecular weight is 274 g/mol. The van der Waals surface area contributed by atoms with Gasteiger partial charge in [0.2, 0.25) is 0 Å². The number of rotatable bonds is 2. The lowest BCUT2D eigenvalue weighted by atomic mass is 10.3. The Morgan fingerprint density at radius 2 is 2.07 bits per heavy atom. The third-order valence-corrected chi connectivity index (χ3v) is 1.78. The molecule has 78 valence electrons. The number of hydrogen-bond donors (Lipinski definition) is 0. The molecule has 0 saturated carbocycles. The van der Waals surface area contributed by atoms with Gasteiger partial charge in [-0.25, -0.2) is 4.39 Å². The van der Waals surface area contributed by atoms with Crippen LogP contribution in [0.25, 0.3) is 0 Å². The summed E-state index contributed by atoms with van der Waals surface area (Å²) in [5.74, 6) is -1.51. The van der Waals surface area contributed by atoms with Crippen LogP contribution in [-0.2, 0) is 5.33 Å². The third kappa shape index (κ3) is 3.13. The molecule has 0 aromatic carbocycles. The zero-order valence-corrected chi connectivity index (χ0v) is 8.19. The molecule has 1 aromatic rings. The Morgan fingerprint density at radius 3 is 2.57 bits per heavy atom. The molecule has 0 saturated heterocycles. The maximum absolute atomic E-state index is 12.5. The standard InChI is InChI=1S/C7H4BrF4NO/c8-2-5-6(14-7(10,11)12)1-4(9)3-13-5/h1,3H,2H2. The first-order valence-electron chi connectivity index (χ1n) is 3.38. The van der Waals surface area contributed by atoms with Gasteiger partial charge in [0.25, 0.3) is 0 Å². The molecule has 0 radical (unpaired) electrons. The summed E-state index contributed by atoms with van der Waals surface area (Å²) in [6, 6.07) is 0.636. The zero-order valence-electron chi connectivity index (χ0n) is 6.61. The molecule has 0 amide bonds. The Hall–Kier alpha value is -0.850. The number of nitrogens with zero attached hydrogens (tertiary/aromatic N) is 1. The van der Waals surface area contributed by atoms with Crippen LogP contribution < -0.4 is 4.74 Å². The van der Waals surface area contributed by atoms with Gasteiger partial charge >= 0.3 is 6.36 Å². The molecule has 2 nitrogen and oxygen atoms in total. The molecule has 14 heavy (non-hydrogen) atoms. The first-order valence-corrected chi connectivity index (χ1v) is 4.50. The summed E-state index contributed by atoms with van der Waals surface area (Å²) < 4.78 is 51.5. The van der Waals surface area contributed by atoms with Gasteiger partial charge in [0.05, 0.1) is 11.9 Å². The number of ether oxygens (including phenoxy) is 1. The minimum atomic E-state index is -4.84. The predicted molar refractivity (Wildman–Crippen MR) is 43.5 cm³/mol. The van der Waals surface area contributed by atoms with Gasteiger partial charge in [-0.3, -0.25) is 4.98 Å². The Labute approximate surface area is 85.0 Å². The van der Waals surface area contributed by atoms with E-state index in [1.807, 2.05) is 0 Å². The van der Waals surface area contributed by atoms with Crippen molar-refractivity contribution >= 4 is 15.9 Å². The van der Waals surface area contributed by atoms with E-state index in [0.717, 1.165) is 6.20 Å². The summed E-state index contributed by atoms with van der Waals surface area (Å²) in [4.78, 5) is 3.43. The van der Waals surface area contributed by atoms with Crippen LogP contribution in [0.5, 0.6) is 5.75 Å². The van der Waals surface area contributed by atoms with Crippen molar-refractivity contribution in [3.05, 3.63) is 23.8 Å². The Bertz CT molecular complexity index is 328. The molecule has 0 atom stereocenters. The second-order valence-electron chi connectivity index (χ2n) is 2.28. The summed E-state index contributed by atoms with van der Waals surface area (Å²) in [7, 11) is 0. The highest BCUT2D eigenvalue weighted by Crippen LogP contribution is 2.26. The van der Waals surface area contributed by atoms with Gasteiger partial charge < -0.3 is 4.74 Å². The highest BCUT2D eigenvalue weighted by atomic mass is 79.9. The van der Waals surface area contributed by atoms with Crippen molar-refractivity contribution in [2.24, 2.45) is 0 Å². The van der Waals surface area contributed by atoms with Crippen LogP contribution in [0.15, 0.2) is 12.3 Å². The van der Waals surface area contributed by atoms with E-state index >= 15 is 0 Å². The highest BCUT2D eigenvalue weighted by molar-refractivity contribution is 9.08. The summed E-state index contributed by atoms with van der Waals surface area (Å²) in [5.41, 5.74) is -0.0104. The van der Waals surface area contributed by atoms with Crippen LogP contribution in [0.4, 0.5) is 17.6 Å². The van der Waals surface area contributed by atoms with Crippen LogP contribution in [0.3, 0.4) is 0 Å². The van der Waals surface area contributed by atoms with E-state index in [2.05, 4.69) is 25.7 Å². The van der Waals surface area contributed by atoms with Crippen molar-refractivity contribution in [3.8, 4) is 5.75 Å². The molecule has 0 fully saturated rings. The van der Waals surface area contributed by atoms with E-state index < -0.39 is 17.9 Å². The van der Waals surface area contributed by atoms with Crippen molar-refractivity contribution in [2.45, 2.75) is 11.7 Å². The Balaban J connectivity index is 2.99. The molecule has 0 spiro atoms. The number of halogens is 5. The van der Waals surface area contributed by atoms with E-state index in [4.69, 9.17) is 0 Å². The quantitative estimate of drug-likeness (QED) is 0.611. The maximum atomic E-state index is 12.5. The third-order valence-electron chi connectivity index (χ3n) is 1.25. The zero-order chi connectivity index (χ0) is 10.8. The molecular formula is C7H4BrF4NO. The molecule has 0 aliphatic rings. The minimum absolute atomic E-state index is 0.0104. The second kappa shape index (κ2) is 4.12. The maximum Gasteiger partial charge on any atom is 0.573 e. The number of pyridine rings is 1. The first kappa shape index (κ1) is 11.2. The fourth-order valence-corrected chi connectivity index (χ4v) is 1.18. The van der Waals surface area contributed by atoms with Gasteiger partial charge in [0.1, 0.15) is 5.82 Å². The fourth-order valence-electron chi connectivity index (χ4n) is 0.762. The van der Waals surface area contributed by atoms with Gasteiger partial charge in [-0.05, 0) is 0 Å². The summed E-state index contributed by atoms with van der Waals surface area (Å²) >= 11 is 2.91. The normalized spacial score (nSPS) is 11.5. The first-order chi connectivity index (χ1) is 6.42. The van der Waals surface area contributed by atoms with Crippen molar-refractivity contribution < 1.29 is 22.3 Å². The minimum Gasteiger partial charge on any atom is -0.404 e. The van der Waals surface area contributed by atoms with Gasteiger partial charge in [-0.1, -0.05) is 15.9 Å². The van der Waals surface area contributed by atoms with Crippen LogP contribution in [-0.4, -0.2) is 11.3 Å². The Kier molecular flexibility index (Phi) is 3.30. The SMILES string of the molecule is Fc1cnc(CBr)c(OC(F)(F)F)c1. The van der Waals surface area contributed by atoms with Gasteiger partial charge in [0, 0.05) is 11.4 Å². The lowest BCUT2D eigenvalue weighted by molar-refractivity contribution is -0.275. The van der Waals surface area contributed by atoms with E-state index in [1.54, 1.807) is 0 Å². The molecule has 0 bridgehead atoms. The summed E-state index contributed by atoms with van der Waals surface area (Å²) in [6.45, 7) is 0. The van der Waals surface area contributed by atoms with Gasteiger partial charge in [-0.15, -0.1) is 13.2 Å². The van der Waals surface area contributed by atoms with Crippen molar-refractivity contribution in [3.63, 3.8) is 0 Å². The number of aromatic nitrogens is 1. The molecule has 0 aliphatic heterocycles. The molecule has 1 rings (SSSR count). The van der Waals surface area contributed by atoms with E-state index in [1.165, 1.54) is 0 Å². The fraction of sp³-hybridized carbons (Fsp3) is 0.286. The van der Waals surface area contributed by atoms with Crippen LogP contribution >= 0.6 is 15.9 Å². The van der Waals surface area contributed by atoms with Gasteiger partial charge in [0.15, 0.2) is 5.75 Å². The van der Waals surface area contributed by atoms with Crippen molar-refractivity contribution in [1.29, 1.82) is 0 Å². The van der Waals surface area contributed by atoms with E-state index in [9.17, 15) is 17.6 Å². The smallest absolute Gasteiger partial charge is 0.404 e. The van der Waals surface area contributed by atoms with Crippen molar-refractivity contribution in [1.82, 2.24) is 4.98 Å². The van der Waals surface area contributed by atoms with Crippen LogP contribution in [0.2, 0.25) is 0 Å². The number of hydrogen-bond acceptors (Lipinski definition) is 2. The lowest BCUT2D eigenvalue weighted by Crippen LogP contribution is -2.18. The number of alkyl halides is 4. The van der Waals surface area contributed by atoms with E-state index in [-0.39, 0.29) is 11.0 Å². The molecule has 0 N–H and O–H groups in total. The van der Waals surface area contributed by atoms with Gasteiger partial charge in [-0.2, -0.15) is 0 Å². The monoisotopic (exact) mass is 273 g/mol. The summed E-state index contributed by atoms with van der Waals surface area (Å²) in [6.07, 6.45) is -4.02. The molecule has 0 unspecified atom stereocenters. The largest absolute Gasteiger partial charge is 0.573 e. The molecule has 1 heterocycles. The van der Waals surface area contributed by atoms with Crippen LogP contribution in [0, 0.1) is 5.82 Å². The second-order valence-corrected chi connectivity index (χ2v) is 2.84. The Morgan fingerprint density at radius 1 is 1.43 bits per heavy atom.